The number of imidazole rings is 1. The van der Waals surface area contributed by atoms with E-state index in [2.05, 4.69) is 20.8 Å². The first-order valence-corrected chi connectivity index (χ1v) is 4.38. The standard InChI is InChI=1S/C5H12N2.C3H4N2/c1-2-4-6-7-5-3-1;1-2-5-3-4-1/h6-7H,1-5H2;1-3H,(H,4,5). The second-order valence-corrected chi connectivity index (χ2v) is 2.67. The van der Waals surface area contributed by atoms with Crippen LogP contribution in [0.15, 0.2) is 18.7 Å². The van der Waals surface area contributed by atoms with Gasteiger partial charge in [0.05, 0.1) is 6.33 Å². The van der Waals surface area contributed by atoms with Gasteiger partial charge in [-0.05, 0) is 12.8 Å². The molecule has 0 unspecified atom stereocenters. The second-order valence-electron chi connectivity index (χ2n) is 2.67. The molecule has 4 nitrogen and oxygen atoms in total. The fourth-order valence-electron chi connectivity index (χ4n) is 0.995. The molecule has 3 N–H and O–H groups in total. The summed E-state index contributed by atoms with van der Waals surface area (Å²) in [5, 5.41) is 0. The summed E-state index contributed by atoms with van der Waals surface area (Å²) in [4.78, 5) is 6.42. The van der Waals surface area contributed by atoms with Gasteiger partial charge in [0, 0.05) is 25.5 Å². The fourth-order valence-corrected chi connectivity index (χ4v) is 0.995. The minimum absolute atomic E-state index is 1.14. The SMILES string of the molecule is C1CCNNCC1.c1c[nH]cn1. The molecule has 0 saturated carbocycles. The summed E-state index contributed by atoms with van der Waals surface area (Å²) in [6, 6.07) is 0. The van der Waals surface area contributed by atoms with Gasteiger partial charge in [-0.25, -0.2) is 4.98 Å². The fraction of sp³-hybridized carbons (Fsp3) is 0.625. The van der Waals surface area contributed by atoms with Gasteiger partial charge in [0.1, 0.15) is 0 Å². The molecule has 12 heavy (non-hydrogen) atoms. The predicted molar refractivity (Wildman–Crippen MR) is 48.4 cm³/mol. The van der Waals surface area contributed by atoms with Crippen LogP contribution in [0.3, 0.4) is 0 Å². The van der Waals surface area contributed by atoms with E-state index in [0.29, 0.717) is 0 Å². The summed E-state index contributed by atoms with van der Waals surface area (Å²) in [5.74, 6) is 0. The summed E-state index contributed by atoms with van der Waals surface area (Å²) < 4.78 is 0. The van der Waals surface area contributed by atoms with Crippen LogP contribution in [0.1, 0.15) is 19.3 Å². The first-order valence-electron chi connectivity index (χ1n) is 4.38. The molecule has 68 valence electrons. The van der Waals surface area contributed by atoms with Crippen molar-refractivity contribution in [3.8, 4) is 0 Å². The molecule has 0 atom stereocenters. The molecule has 0 aliphatic carbocycles. The monoisotopic (exact) mass is 168 g/mol. The lowest BCUT2D eigenvalue weighted by molar-refractivity contribution is 0.573. The molecule has 0 bridgehead atoms. The number of rotatable bonds is 0. The lowest BCUT2D eigenvalue weighted by atomic mass is 10.2. The van der Waals surface area contributed by atoms with Crippen LogP contribution in [0.5, 0.6) is 0 Å². The Labute approximate surface area is 72.8 Å². The van der Waals surface area contributed by atoms with Gasteiger partial charge in [-0.2, -0.15) is 0 Å². The highest BCUT2D eigenvalue weighted by molar-refractivity contribution is 4.64. The van der Waals surface area contributed by atoms with Crippen LogP contribution < -0.4 is 10.9 Å². The van der Waals surface area contributed by atoms with Crippen molar-refractivity contribution in [2.45, 2.75) is 19.3 Å². The van der Waals surface area contributed by atoms with Gasteiger partial charge in [-0.15, -0.1) is 0 Å². The highest BCUT2D eigenvalue weighted by Gasteiger charge is 1.92. The number of aromatic nitrogens is 2. The number of hydrazine groups is 1. The smallest absolute Gasteiger partial charge is 0.0919 e. The second kappa shape index (κ2) is 6.82. The third-order valence-corrected chi connectivity index (χ3v) is 1.63. The highest BCUT2D eigenvalue weighted by atomic mass is 15.3. The number of hydrogen-bond donors (Lipinski definition) is 3. The van der Waals surface area contributed by atoms with Gasteiger partial charge < -0.3 is 4.98 Å². The average Bonchev–Trinajstić information content (AvgIpc) is 2.54. The van der Waals surface area contributed by atoms with Crippen LogP contribution in [-0.4, -0.2) is 23.1 Å². The van der Waals surface area contributed by atoms with E-state index in [1.807, 2.05) is 0 Å². The molecule has 0 radical (unpaired) electrons. The molecule has 1 fully saturated rings. The molecular formula is C8H16N4. The van der Waals surface area contributed by atoms with E-state index < -0.39 is 0 Å². The Morgan fingerprint density at radius 1 is 1.00 bits per heavy atom. The molecule has 1 aliphatic heterocycles. The molecule has 2 rings (SSSR count). The van der Waals surface area contributed by atoms with E-state index in [9.17, 15) is 0 Å². The van der Waals surface area contributed by atoms with Crippen molar-refractivity contribution in [1.82, 2.24) is 20.8 Å². The van der Waals surface area contributed by atoms with Gasteiger partial charge in [0.15, 0.2) is 0 Å². The van der Waals surface area contributed by atoms with Gasteiger partial charge >= 0.3 is 0 Å². The molecule has 1 aromatic rings. The van der Waals surface area contributed by atoms with E-state index in [1.54, 1.807) is 18.7 Å². The number of H-pyrrole nitrogens is 1. The molecule has 4 heteroatoms. The third kappa shape index (κ3) is 4.87. The maximum atomic E-state index is 3.67. The van der Waals surface area contributed by atoms with Crippen molar-refractivity contribution < 1.29 is 0 Å². The molecule has 0 aromatic carbocycles. The molecule has 1 aliphatic rings. The van der Waals surface area contributed by atoms with Crippen LogP contribution in [-0.2, 0) is 0 Å². The summed E-state index contributed by atoms with van der Waals surface area (Å²) in [6.07, 6.45) is 9.11. The van der Waals surface area contributed by atoms with Crippen LogP contribution in [0, 0.1) is 0 Å². The molecule has 1 saturated heterocycles. The number of aromatic amines is 1. The first kappa shape index (κ1) is 9.22. The zero-order valence-corrected chi connectivity index (χ0v) is 7.21. The van der Waals surface area contributed by atoms with Crippen molar-refractivity contribution in [3.05, 3.63) is 18.7 Å². The van der Waals surface area contributed by atoms with Gasteiger partial charge in [-0.3, -0.25) is 10.9 Å². The summed E-state index contributed by atoms with van der Waals surface area (Å²) in [7, 11) is 0. The van der Waals surface area contributed by atoms with Crippen molar-refractivity contribution >= 4 is 0 Å². The summed E-state index contributed by atoms with van der Waals surface area (Å²) in [6.45, 7) is 2.28. The Balaban J connectivity index is 0.000000127. The Hall–Kier alpha value is -0.870. The Kier molecular flexibility index (Phi) is 5.24. The van der Waals surface area contributed by atoms with Crippen molar-refractivity contribution in [2.24, 2.45) is 0 Å². The summed E-state index contributed by atoms with van der Waals surface area (Å²) >= 11 is 0. The van der Waals surface area contributed by atoms with Crippen LogP contribution in [0.2, 0.25) is 0 Å². The quantitative estimate of drug-likeness (QED) is 0.534. The van der Waals surface area contributed by atoms with Gasteiger partial charge in [0.2, 0.25) is 0 Å². The first-order chi connectivity index (χ1) is 6.00. The maximum absolute atomic E-state index is 3.67. The van der Waals surface area contributed by atoms with Crippen LogP contribution >= 0.6 is 0 Å². The van der Waals surface area contributed by atoms with Crippen LogP contribution in [0.25, 0.3) is 0 Å². The summed E-state index contributed by atoms with van der Waals surface area (Å²) in [5.41, 5.74) is 6.19. The highest BCUT2D eigenvalue weighted by Crippen LogP contribution is 1.93. The molecular weight excluding hydrogens is 152 g/mol. The van der Waals surface area contributed by atoms with Crippen molar-refractivity contribution in [3.63, 3.8) is 0 Å². The Morgan fingerprint density at radius 2 is 1.75 bits per heavy atom. The lowest BCUT2D eigenvalue weighted by Crippen LogP contribution is -2.30. The minimum atomic E-state index is 1.14. The number of hydrogen-bond acceptors (Lipinski definition) is 3. The van der Waals surface area contributed by atoms with Gasteiger partial charge in [0.25, 0.3) is 0 Å². The topological polar surface area (TPSA) is 52.7 Å². The predicted octanol–water partition coefficient (Wildman–Crippen LogP) is 0.674. The van der Waals surface area contributed by atoms with E-state index in [0.717, 1.165) is 13.1 Å². The van der Waals surface area contributed by atoms with E-state index in [-0.39, 0.29) is 0 Å². The number of nitrogens with one attached hydrogen (secondary N) is 3. The molecule has 1 aromatic heterocycles. The van der Waals surface area contributed by atoms with E-state index in [1.165, 1.54) is 19.3 Å². The van der Waals surface area contributed by atoms with Gasteiger partial charge in [-0.1, -0.05) is 6.42 Å². The Morgan fingerprint density at radius 3 is 2.17 bits per heavy atom. The average molecular weight is 168 g/mol. The van der Waals surface area contributed by atoms with E-state index >= 15 is 0 Å². The Bertz CT molecular complexity index is 125. The van der Waals surface area contributed by atoms with Crippen LogP contribution in [0.4, 0.5) is 0 Å². The molecule has 0 amide bonds. The maximum Gasteiger partial charge on any atom is 0.0919 e. The zero-order chi connectivity index (χ0) is 8.49. The lowest BCUT2D eigenvalue weighted by Gasteiger charge is -1.95. The molecule has 0 spiro atoms. The zero-order valence-electron chi connectivity index (χ0n) is 7.21. The van der Waals surface area contributed by atoms with Crippen molar-refractivity contribution in [1.29, 1.82) is 0 Å². The largest absolute Gasteiger partial charge is 0.351 e. The van der Waals surface area contributed by atoms with E-state index in [4.69, 9.17) is 0 Å². The number of nitrogens with zero attached hydrogens (tertiary/aromatic N) is 1. The third-order valence-electron chi connectivity index (χ3n) is 1.63. The minimum Gasteiger partial charge on any atom is -0.351 e. The molecule has 2 heterocycles. The normalized spacial score (nSPS) is 17.3. The van der Waals surface area contributed by atoms with Crippen molar-refractivity contribution in [2.75, 3.05) is 13.1 Å².